The number of aryl methyl sites for hydroxylation is 1. The van der Waals surface area contributed by atoms with Crippen LogP contribution in [-0.2, 0) is 43.2 Å². The number of amides is 2. The van der Waals surface area contributed by atoms with Gasteiger partial charge in [-0.3, -0.25) is 24.4 Å². The number of hydrogen-bond donors (Lipinski definition) is 2. The first-order chi connectivity index (χ1) is 25.9. The summed E-state index contributed by atoms with van der Waals surface area (Å²) in [5.74, 6) is 0.0217. The van der Waals surface area contributed by atoms with Gasteiger partial charge in [0.25, 0.3) is 5.91 Å². The Morgan fingerprint density at radius 2 is 1.98 bits per heavy atom. The zero-order valence-electron chi connectivity index (χ0n) is 32.3. The van der Waals surface area contributed by atoms with Gasteiger partial charge in [0.05, 0.1) is 34.8 Å². The lowest BCUT2D eigenvalue weighted by atomic mass is 9.68. The fraction of sp³-hybridized carbons (Fsp3) is 0.548. The number of hydrogen-bond acceptors (Lipinski definition) is 9. The molecule has 0 radical (unpaired) electrons. The van der Waals surface area contributed by atoms with Crippen molar-refractivity contribution in [3.05, 3.63) is 58.2 Å². The Kier molecular flexibility index (Phi) is 9.67. The van der Waals surface area contributed by atoms with Crippen molar-refractivity contribution < 1.29 is 23.9 Å². The van der Waals surface area contributed by atoms with E-state index in [2.05, 4.69) is 74.2 Å². The van der Waals surface area contributed by atoms with Gasteiger partial charge in [0.15, 0.2) is 0 Å². The van der Waals surface area contributed by atoms with Crippen molar-refractivity contribution >= 4 is 40.0 Å². The van der Waals surface area contributed by atoms with E-state index in [-0.39, 0.29) is 66.5 Å². The minimum absolute atomic E-state index is 0.0947. The van der Waals surface area contributed by atoms with Gasteiger partial charge in [0.2, 0.25) is 5.91 Å². The number of thiazole rings is 1. The first-order valence-corrected chi connectivity index (χ1v) is 20.4. The van der Waals surface area contributed by atoms with Crippen molar-refractivity contribution in [2.24, 2.45) is 35.0 Å². The van der Waals surface area contributed by atoms with Crippen LogP contribution < -0.4 is 10.7 Å². The maximum absolute atomic E-state index is 14.4. The van der Waals surface area contributed by atoms with Crippen LogP contribution in [0.2, 0.25) is 0 Å². The summed E-state index contributed by atoms with van der Waals surface area (Å²) >= 11 is 1.50. The van der Waals surface area contributed by atoms with Gasteiger partial charge in [-0.05, 0) is 86.6 Å². The third kappa shape index (κ3) is 6.53. The number of rotatable bonds is 6. The molecular weight excluding hydrogens is 701 g/mol. The standard InChI is InChI=1S/C42H52N6O5S/c1-8-47-33-14-12-25-16-29(33)30(38(47)28-10-9-15-43-36(28)24(4)52-7)18-42(5,6)21-53-41(51)37-27-13-11-26(27)19-48(46-37)40(50)31(17-34-44-32(25)20-54-34)45-39(49)35-22(2)23(35)3/h9-10,12,14-16,20,22-24,26-27,31,35,37,46H,8,11,13,17-19,21H2,1-7H3,(H,45,49)/t22-,23+,24-,26-,27-,31-,35?,37-/m0/s1. The van der Waals surface area contributed by atoms with E-state index in [0.29, 0.717) is 13.0 Å². The van der Waals surface area contributed by atoms with Gasteiger partial charge in [-0.25, -0.2) is 10.4 Å². The highest BCUT2D eigenvalue weighted by Crippen LogP contribution is 2.46. The molecule has 286 valence electrons. The third-order valence-corrected chi connectivity index (χ3v) is 13.5. The van der Waals surface area contributed by atoms with Gasteiger partial charge < -0.3 is 19.4 Å². The number of pyridine rings is 1. The van der Waals surface area contributed by atoms with Crippen LogP contribution in [0.25, 0.3) is 33.4 Å². The van der Waals surface area contributed by atoms with Crippen molar-refractivity contribution in [1.29, 1.82) is 0 Å². The second-order valence-electron chi connectivity index (χ2n) is 16.8. The molecule has 3 fully saturated rings. The molecular formula is C42H52N6O5S. The normalized spacial score (nSPS) is 28.4. The molecule has 6 bridgehead atoms. The van der Waals surface area contributed by atoms with Crippen LogP contribution in [0.5, 0.6) is 0 Å². The maximum Gasteiger partial charge on any atom is 0.325 e. The average Bonchev–Trinajstić information content (AvgIpc) is 3.42. The molecule has 11 nitrogen and oxygen atoms in total. The number of methoxy groups -OCH3 is 1. The van der Waals surface area contributed by atoms with Crippen molar-refractivity contribution in [1.82, 2.24) is 30.3 Å². The predicted octanol–water partition coefficient (Wildman–Crippen LogP) is 6.35. The van der Waals surface area contributed by atoms with E-state index < -0.39 is 17.5 Å². The molecule has 5 heterocycles. The zero-order chi connectivity index (χ0) is 38.1. The first-order valence-electron chi connectivity index (χ1n) is 19.5. The molecule has 8 atom stereocenters. The van der Waals surface area contributed by atoms with E-state index in [1.165, 1.54) is 11.3 Å². The van der Waals surface area contributed by atoms with E-state index in [0.717, 1.165) is 69.1 Å². The Morgan fingerprint density at radius 3 is 2.69 bits per heavy atom. The van der Waals surface area contributed by atoms with Crippen LogP contribution >= 0.6 is 11.3 Å². The SMILES string of the molecule is CCn1c(-c2cccnc2[C@H](C)OC)c2c3cc(ccc31)-c1csc(n1)C[C@H](NC(=O)C1[C@@H](C)[C@H]1C)C(=O)N1C[C@@H]3CC[C@@H]3[C@H](N1)C(=O)OCC(C)(C)C2. The Morgan fingerprint density at radius 1 is 1.19 bits per heavy atom. The monoisotopic (exact) mass is 752 g/mol. The van der Waals surface area contributed by atoms with E-state index in [1.807, 2.05) is 24.6 Å². The lowest BCUT2D eigenvalue weighted by Crippen LogP contribution is -2.67. The molecule has 1 aromatic carbocycles. The molecule has 2 amide bonds. The number of aromatic nitrogens is 3. The number of hydrazine groups is 1. The molecule has 3 aromatic heterocycles. The summed E-state index contributed by atoms with van der Waals surface area (Å²) in [7, 11) is 1.70. The summed E-state index contributed by atoms with van der Waals surface area (Å²) in [6, 6.07) is 9.13. The largest absolute Gasteiger partial charge is 0.464 e. The number of cyclic esters (lactones) is 1. The molecule has 1 saturated heterocycles. The highest BCUT2D eigenvalue weighted by Gasteiger charge is 2.51. The van der Waals surface area contributed by atoms with Crippen molar-refractivity contribution in [2.45, 2.75) is 92.0 Å². The summed E-state index contributed by atoms with van der Waals surface area (Å²) in [4.78, 5) is 51.7. The van der Waals surface area contributed by atoms with E-state index in [4.69, 9.17) is 19.4 Å². The molecule has 2 aliphatic heterocycles. The molecule has 2 N–H and O–H groups in total. The average molecular weight is 753 g/mol. The number of esters is 1. The van der Waals surface area contributed by atoms with Gasteiger partial charge in [-0.15, -0.1) is 11.3 Å². The summed E-state index contributed by atoms with van der Waals surface area (Å²) < 4.78 is 14.4. The smallest absolute Gasteiger partial charge is 0.325 e. The van der Waals surface area contributed by atoms with Gasteiger partial charge in [0, 0.05) is 71.6 Å². The fourth-order valence-electron chi connectivity index (χ4n) is 9.04. The topological polar surface area (TPSA) is 128 Å². The molecule has 54 heavy (non-hydrogen) atoms. The van der Waals surface area contributed by atoms with Crippen molar-refractivity contribution in [3.63, 3.8) is 0 Å². The number of carbonyl (C=O) groups is 3. The van der Waals surface area contributed by atoms with E-state index in [1.54, 1.807) is 12.1 Å². The molecule has 0 spiro atoms. The minimum atomic E-state index is -0.825. The number of fused-ring (bicyclic) bond motifs is 8. The van der Waals surface area contributed by atoms with Crippen molar-refractivity contribution in [2.75, 3.05) is 20.3 Å². The number of benzene rings is 1. The lowest BCUT2D eigenvalue weighted by molar-refractivity contribution is -0.165. The van der Waals surface area contributed by atoms with Crippen LogP contribution in [0.15, 0.2) is 41.9 Å². The molecule has 2 saturated carbocycles. The lowest BCUT2D eigenvalue weighted by Gasteiger charge is -2.49. The Labute approximate surface area is 321 Å². The van der Waals surface area contributed by atoms with Crippen molar-refractivity contribution in [3.8, 4) is 22.5 Å². The molecule has 4 aromatic rings. The summed E-state index contributed by atoms with van der Waals surface area (Å²) in [5, 5.41) is 8.60. The van der Waals surface area contributed by atoms with Crippen LogP contribution in [0.3, 0.4) is 0 Å². The Hall–Kier alpha value is -4.13. The predicted molar refractivity (Wildman–Crippen MR) is 208 cm³/mol. The molecule has 8 rings (SSSR count). The van der Waals surface area contributed by atoms with Crippen LogP contribution in [0.1, 0.15) is 76.8 Å². The first kappa shape index (κ1) is 36.8. The molecule has 2 aliphatic carbocycles. The quantitative estimate of drug-likeness (QED) is 0.218. The van der Waals surface area contributed by atoms with Gasteiger partial charge in [0.1, 0.15) is 12.1 Å². The second kappa shape index (κ2) is 14.2. The van der Waals surface area contributed by atoms with Gasteiger partial charge in [-0.1, -0.05) is 33.8 Å². The summed E-state index contributed by atoms with van der Waals surface area (Å²) in [6.45, 7) is 14.0. The van der Waals surface area contributed by atoms with Gasteiger partial charge in [-0.2, -0.15) is 0 Å². The third-order valence-electron chi connectivity index (χ3n) is 12.7. The Balaban J connectivity index is 1.25. The van der Waals surface area contributed by atoms with E-state index >= 15 is 0 Å². The van der Waals surface area contributed by atoms with Crippen LogP contribution in [0.4, 0.5) is 0 Å². The molecule has 12 heteroatoms. The maximum atomic E-state index is 14.4. The highest BCUT2D eigenvalue weighted by molar-refractivity contribution is 7.10. The Bertz CT molecular complexity index is 2100. The second-order valence-corrected chi connectivity index (χ2v) is 17.7. The molecule has 4 aliphatic rings. The fourth-order valence-corrected chi connectivity index (χ4v) is 9.89. The summed E-state index contributed by atoms with van der Waals surface area (Å²) in [5.41, 5.74) is 9.86. The zero-order valence-corrected chi connectivity index (χ0v) is 33.2. The number of carbonyl (C=O) groups excluding carboxylic acids is 3. The summed E-state index contributed by atoms with van der Waals surface area (Å²) in [6.07, 6.45) is 4.33. The van der Waals surface area contributed by atoms with Gasteiger partial charge >= 0.3 is 5.97 Å². The number of nitrogens with zero attached hydrogens (tertiary/aromatic N) is 4. The molecule has 1 unspecified atom stereocenters. The number of nitrogens with one attached hydrogen (secondary N) is 2. The van der Waals surface area contributed by atoms with E-state index in [9.17, 15) is 14.4 Å². The number of ether oxygens (including phenoxy) is 2. The van der Waals surface area contributed by atoms with Crippen LogP contribution in [-0.4, -0.2) is 69.7 Å². The van der Waals surface area contributed by atoms with Crippen LogP contribution in [0, 0.1) is 35.0 Å². The highest BCUT2D eigenvalue weighted by atomic mass is 32.1. The minimum Gasteiger partial charge on any atom is -0.464 e.